The van der Waals surface area contributed by atoms with Gasteiger partial charge in [0.05, 0.1) is 5.41 Å². The van der Waals surface area contributed by atoms with Crippen molar-refractivity contribution >= 4 is 0 Å². The van der Waals surface area contributed by atoms with Gasteiger partial charge in [0.2, 0.25) is 5.89 Å². The van der Waals surface area contributed by atoms with Crippen molar-refractivity contribution in [3.63, 3.8) is 0 Å². The van der Waals surface area contributed by atoms with E-state index in [0.29, 0.717) is 12.5 Å². The molecule has 2 atom stereocenters. The predicted molar refractivity (Wildman–Crippen MR) is 76.0 cm³/mol. The molecule has 108 valence electrons. The van der Waals surface area contributed by atoms with E-state index in [4.69, 9.17) is 10.3 Å². The maximum Gasteiger partial charge on any atom is 0.234 e. The monoisotopic (exact) mass is 265 g/mol. The minimum Gasteiger partial charge on any atom is -0.339 e. The second kappa shape index (κ2) is 6.04. The Morgan fingerprint density at radius 1 is 1.26 bits per heavy atom. The van der Waals surface area contributed by atoms with Crippen molar-refractivity contribution in [3.05, 3.63) is 11.7 Å². The third-order valence-corrected chi connectivity index (χ3v) is 5.12. The van der Waals surface area contributed by atoms with E-state index in [9.17, 15) is 0 Å². The highest BCUT2D eigenvalue weighted by atomic mass is 16.5. The number of rotatable bonds is 6. The Morgan fingerprint density at radius 3 is 2.53 bits per heavy atom. The van der Waals surface area contributed by atoms with E-state index in [1.165, 1.54) is 25.7 Å². The summed E-state index contributed by atoms with van der Waals surface area (Å²) in [5, 5.41) is 4.24. The van der Waals surface area contributed by atoms with Crippen LogP contribution in [0.4, 0.5) is 0 Å². The molecule has 2 N–H and O–H groups in total. The van der Waals surface area contributed by atoms with E-state index in [0.717, 1.165) is 30.5 Å². The first-order chi connectivity index (χ1) is 9.19. The van der Waals surface area contributed by atoms with Crippen LogP contribution < -0.4 is 5.73 Å². The number of aromatic nitrogens is 2. The standard InChI is InChI=1S/C15H27N3O/c1-4-11-7-8-12(9-11)13-17-14(19-18-13)15(5-2,6-3)10-16/h11-12H,4-10,16H2,1-3H3. The maximum absolute atomic E-state index is 5.94. The molecule has 2 unspecified atom stereocenters. The first-order valence-electron chi connectivity index (χ1n) is 7.73. The van der Waals surface area contributed by atoms with Crippen LogP contribution in [0.2, 0.25) is 0 Å². The van der Waals surface area contributed by atoms with Gasteiger partial charge in [0.15, 0.2) is 5.82 Å². The first-order valence-corrected chi connectivity index (χ1v) is 7.73. The van der Waals surface area contributed by atoms with Gasteiger partial charge in [-0.1, -0.05) is 32.3 Å². The summed E-state index contributed by atoms with van der Waals surface area (Å²) in [6.07, 6.45) is 6.87. The summed E-state index contributed by atoms with van der Waals surface area (Å²) in [6, 6.07) is 0. The fourth-order valence-electron chi connectivity index (χ4n) is 3.22. The minimum atomic E-state index is -0.131. The van der Waals surface area contributed by atoms with Crippen molar-refractivity contribution in [1.29, 1.82) is 0 Å². The van der Waals surface area contributed by atoms with Crippen molar-refractivity contribution in [2.24, 2.45) is 11.7 Å². The zero-order valence-corrected chi connectivity index (χ0v) is 12.5. The van der Waals surface area contributed by atoms with Gasteiger partial charge in [0, 0.05) is 12.5 Å². The van der Waals surface area contributed by atoms with E-state index in [1.807, 2.05) is 0 Å². The van der Waals surface area contributed by atoms with Gasteiger partial charge < -0.3 is 10.3 Å². The van der Waals surface area contributed by atoms with E-state index in [2.05, 4.69) is 30.9 Å². The van der Waals surface area contributed by atoms with Gasteiger partial charge in [-0.05, 0) is 38.0 Å². The normalized spacial score (nSPS) is 24.0. The Kier molecular flexibility index (Phi) is 4.61. The summed E-state index contributed by atoms with van der Waals surface area (Å²) >= 11 is 0. The van der Waals surface area contributed by atoms with Gasteiger partial charge in [-0.2, -0.15) is 4.98 Å². The highest BCUT2D eigenvalue weighted by Gasteiger charge is 2.35. The summed E-state index contributed by atoms with van der Waals surface area (Å²) in [6.45, 7) is 7.12. The van der Waals surface area contributed by atoms with Crippen LogP contribution in [0.3, 0.4) is 0 Å². The van der Waals surface area contributed by atoms with Crippen molar-refractivity contribution < 1.29 is 4.52 Å². The largest absolute Gasteiger partial charge is 0.339 e. The summed E-state index contributed by atoms with van der Waals surface area (Å²) in [5.74, 6) is 2.98. The third kappa shape index (κ3) is 2.69. The number of hydrogen-bond donors (Lipinski definition) is 1. The van der Waals surface area contributed by atoms with Gasteiger partial charge in [-0.25, -0.2) is 0 Å². The lowest BCUT2D eigenvalue weighted by atomic mass is 9.82. The summed E-state index contributed by atoms with van der Waals surface area (Å²) in [5.41, 5.74) is 5.81. The van der Waals surface area contributed by atoms with Gasteiger partial charge in [0.25, 0.3) is 0 Å². The van der Waals surface area contributed by atoms with E-state index in [-0.39, 0.29) is 5.41 Å². The molecule has 0 saturated heterocycles. The fraction of sp³-hybridized carbons (Fsp3) is 0.867. The Hall–Kier alpha value is -0.900. The lowest BCUT2D eigenvalue weighted by Crippen LogP contribution is -2.34. The molecule has 0 spiro atoms. The summed E-state index contributed by atoms with van der Waals surface area (Å²) < 4.78 is 5.54. The molecule has 1 aromatic heterocycles. The van der Waals surface area contributed by atoms with Gasteiger partial charge >= 0.3 is 0 Å². The molecule has 4 nitrogen and oxygen atoms in total. The van der Waals surface area contributed by atoms with Crippen molar-refractivity contribution in [2.45, 2.75) is 70.6 Å². The molecule has 1 saturated carbocycles. The lowest BCUT2D eigenvalue weighted by Gasteiger charge is -2.25. The number of nitrogens with two attached hydrogens (primary N) is 1. The first kappa shape index (κ1) is 14.5. The SMILES string of the molecule is CCC1CCC(c2noc(C(CC)(CC)CN)n2)C1. The van der Waals surface area contributed by atoms with E-state index < -0.39 is 0 Å². The molecule has 0 aromatic carbocycles. The smallest absolute Gasteiger partial charge is 0.234 e. The van der Waals surface area contributed by atoms with Crippen LogP contribution in [-0.2, 0) is 5.41 Å². The molecule has 1 heterocycles. The summed E-state index contributed by atoms with van der Waals surface area (Å²) in [7, 11) is 0. The third-order valence-electron chi connectivity index (χ3n) is 5.12. The summed E-state index contributed by atoms with van der Waals surface area (Å²) in [4.78, 5) is 4.69. The highest BCUT2D eigenvalue weighted by molar-refractivity contribution is 5.08. The van der Waals surface area contributed by atoms with Crippen LogP contribution in [0.1, 0.15) is 76.9 Å². The molecule has 0 radical (unpaired) electrons. The second-order valence-electron chi connectivity index (χ2n) is 5.93. The van der Waals surface area contributed by atoms with Crippen LogP contribution in [0.5, 0.6) is 0 Å². The van der Waals surface area contributed by atoms with Crippen LogP contribution in [0.25, 0.3) is 0 Å². The van der Waals surface area contributed by atoms with Crippen LogP contribution in [-0.4, -0.2) is 16.7 Å². The van der Waals surface area contributed by atoms with Crippen molar-refractivity contribution in [3.8, 4) is 0 Å². The predicted octanol–water partition coefficient (Wildman–Crippen LogP) is 3.38. The molecule has 2 rings (SSSR count). The molecule has 1 aliphatic carbocycles. The molecule has 0 amide bonds. The molecule has 0 aliphatic heterocycles. The minimum absolute atomic E-state index is 0.131. The quantitative estimate of drug-likeness (QED) is 0.856. The maximum atomic E-state index is 5.94. The van der Waals surface area contributed by atoms with Gasteiger partial charge in [-0.15, -0.1) is 0 Å². The highest BCUT2D eigenvalue weighted by Crippen LogP contribution is 2.39. The number of hydrogen-bond acceptors (Lipinski definition) is 4. The molecule has 1 aliphatic rings. The van der Waals surface area contributed by atoms with Crippen molar-refractivity contribution in [1.82, 2.24) is 10.1 Å². The second-order valence-corrected chi connectivity index (χ2v) is 5.93. The van der Waals surface area contributed by atoms with E-state index in [1.54, 1.807) is 0 Å². The Bertz CT molecular complexity index is 390. The van der Waals surface area contributed by atoms with Crippen LogP contribution in [0, 0.1) is 5.92 Å². The van der Waals surface area contributed by atoms with Gasteiger partial charge in [-0.3, -0.25) is 0 Å². The van der Waals surface area contributed by atoms with Gasteiger partial charge in [0.1, 0.15) is 0 Å². The lowest BCUT2D eigenvalue weighted by molar-refractivity contribution is 0.265. The molecule has 1 aromatic rings. The van der Waals surface area contributed by atoms with Crippen molar-refractivity contribution in [2.75, 3.05) is 6.54 Å². The molecule has 4 heteroatoms. The number of nitrogens with zero attached hydrogens (tertiary/aromatic N) is 2. The molecular weight excluding hydrogens is 238 g/mol. The zero-order valence-electron chi connectivity index (χ0n) is 12.5. The van der Waals surface area contributed by atoms with Crippen LogP contribution in [0.15, 0.2) is 4.52 Å². The zero-order chi connectivity index (χ0) is 13.9. The molecule has 19 heavy (non-hydrogen) atoms. The van der Waals surface area contributed by atoms with E-state index >= 15 is 0 Å². The average Bonchev–Trinajstić information content (AvgIpc) is 3.10. The Balaban J connectivity index is 2.15. The molecule has 0 bridgehead atoms. The topological polar surface area (TPSA) is 64.9 Å². The Morgan fingerprint density at radius 2 is 2.00 bits per heavy atom. The molecule has 1 fully saturated rings. The van der Waals surface area contributed by atoms with Crippen LogP contribution >= 0.6 is 0 Å². The average molecular weight is 265 g/mol. The molecular formula is C15H27N3O. The fourth-order valence-corrected chi connectivity index (χ4v) is 3.22. The Labute approximate surface area is 116 Å².